The number of hydrogen-bond donors (Lipinski definition) is 0. The standard InChI is InChI=1S/C17H22N4OS/c1-13(2)17-19-14(12-23-17)11-16(22)21-9-7-20(8-10-21)15-5-3-4-6-18-15/h3-6,12-13H,7-11H2,1-2H3. The number of thiazole rings is 1. The molecule has 3 rings (SSSR count). The summed E-state index contributed by atoms with van der Waals surface area (Å²) in [4.78, 5) is 25.5. The van der Waals surface area contributed by atoms with Gasteiger partial charge in [-0.05, 0) is 12.1 Å². The van der Waals surface area contributed by atoms with Gasteiger partial charge in [0.1, 0.15) is 5.82 Å². The van der Waals surface area contributed by atoms with E-state index in [1.54, 1.807) is 17.5 Å². The topological polar surface area (TPSA) is 49.3 Å². The minimum Gasteiger partial charge on any atom is -0.353 e. The molecular weight excluding hydrogens is 308 g/mol. The molecule has 0 radical (unpaired) electrons. The molecule has 1 fully saturated rings. The highest BCUT2D eigenvalue weighted by Gasteiger charge is 2.22. The molecular formula is C17H22N4OS. The van der Waals surface area contributed by atoms with Gasteiger partial charge in [0.2, 0.25) is 5.91 Å². The van der Waals surface area contributed by atoms with Crippen molar-refractivity contribution in [3.63, 3.8) is 0 Å². The van der Waals surface area contributed by atoms with Crippen molar-refractivity contribution in [2.45, 2.75) is 26.2 Å². The predicted molar refractivity (Wildman–Crippen MR) is 92.9 cm³/mol. The molecule has 0 aliphatic carbocycles. The van der Waals surface area contributed by atoms with Crippen LogP contribution in [0, 0.1) is 0 Å². The molecule has 6 heteroatoms. The van der Waals surface area contributed by atoms with E-state index in [9.17, 15) is 4.79 Å². The molecule has 0 atom stereocenters. The minimum absolute atomic E-state index is 0.172. The molecule has 1 saturated heterocycles. The fourth-order valence-corrected chi connectivity index (χ4v) is 3.50. The van der Waals surface area contributed by atoms with Crippen LogP contribution in [-0.4, -0.2) is 47.0 Å². The number of piperazine rings is 1. The zero-order valence-corrected chi connectivity index (χ0v) is 14.4. The average molecular weight is 330 g/mol. The van der Waals surface area contributed by atoms with Crippen molar-refractivity contribution in [1.29, 1.82) is 0 Å². The summed E-state index contributed by atoms with van der Waals surface area (Å²) < 4.78 is 0. The van der Waals surface area contributed by atoms with Crippen LogP contribution >= 0.6 is 11.3 Å². The molecule has 0 bridgehead atoms. The van der Waals surface area contributed by atoms with Gasteiger partial charge in [0.25, 0.3) is 0 Å². The molecule has 2 aromatic heterocycles. The van der Waals surface area contributed by atoms with Crippen LogP contribution in [0.5, 0.6) is 0 Å². The molecule has 0 unspecified atom stereocenters. The fourth-order valence-electron chi connectivity index (χ4n) is 2.66. The zero-order valence-electron chi connectivity index (χ0n) is 13.6. The summed E-state index contributed by atoms with van der Waals surface area (Å²) in [5.41, 5.74) is 0.899. The van der Waals surface area contributed by atoms with Crippen LogP contribution in [0.2, 0.25) is 0 Å². The predicted octanol–water partition coefficient (Wildman–Crippen LogP) is 2.55. The second-order valence-electron chi connectivity index (χ2n) is 6.06. The van der Waals surface area contributed by atoms with Crippen LogP contribution < -0.4 is 4.90 Å². The van der Waals surface area contributed by atoms with Crippen LogP contribution in [-0.2, 0) is 11.2 Å². The first kappa shape index (κ1) is 15.9. The van der Waals surface area contributed by atoms with Gasteiger partial charge in [-0.1, -0.05) is 19.9 Å². The van der Waals surface area contributed by atoms with Gasteiger partial charge in [-0.25, -0.2) is 9.97 Å². The largest absolute Gasteiger partial charge is 0.353 e. The highest BCUT2D eigenvalue weighted by molar-refractivity contribution is 7.09. The molecule has 5 nitrogen and oxygen atoms in total. The molecule has 23 heavy (non-hydrogen) atoms. The number of amides is 1. The highest BCUT2D eigenvalue weighted by atomic mass is 32.1. The van der Waals surface area contributed by atoms with Gasteiger partial charge in [0.15, 0.2) is 0 Å². The lowest BCUT2D eigenvalue weighted by molar-refractivity contribution is -0.130. The molecule has 1 aliphatic rings. The maximum absolute atomic E-state index is 12.4. The second-order valence-corrected chi connectivity index (χ2v) is 6.95. The van der Waals surface area contributed by atoms with E-state index in [0.717, 1.165) is 42.7 Å². The lowest BCUT2D eigenvalue weighted by Crippen LogP contribution is -2.49. The maximum atomic E-state index is 12.4. The van der Waals surface area contributed by atoms with E-state index in [2.05, 4.69) is 28.7 Å². The lowest BCUT2D eigenvalue weighted by Gasteiger charge is -2.35. The van der Waals surface area contributed by atoms with E-state index in [-0.39, 0.29) is 5.91 Å². The first-order valence-electron chi connectivity index (χ1n) is 8.01. The maximum Gasteiger partial charge on any atom is 0.228 e. The third-order valence-electron chi connectivity index (χ3n) is 4.00. The number of pyridine rings is 1. The third kappa shape index (κ3) is 3.88. The van der Waals surface area contributed by atoms with Gasteiger partial charge in [-0.15, -0.1) is 11.3 Å². The van der Waals surface area contributed by atoms with Crippen LogP contribution in [0.4, 0.5) is 5.82 Å². The quantitative estimate of drug-likeness (QED) is 0.864. The molecule has 1 amide bonds. The van der Waals surface area contributed by atoms with Gasteiger partial charge in [-0.2, -0.15) is 0 Å². The van der Waals surface area contributed by atoms with Crippen LogP contribution in [0.3, 0.4) is 0 Å². The Hall–Kier alpha value is -1.95. The third-order valence-corrected chi connectivity index (χ3v) is 5.20. The van der Waals surface area contributed by atoms with Crippen LogP contribution in [0.1, 0.15) is 30.5 Å². The van der Waals surface area contributed by atoms with Gasteiger partial charge >= 0.3 is 0 Å². The van der Waals surface area contributed by atoms with Gasteiger partial charge in [0.05, 0.1) is 17.1 Å². The smallest absolute Gasteiger partial charge is 0.228 e. The van der Waals surface area contributed by atoms with Crippen molar-refractivity contribution in [2.24, 2.45) is 0 Å². The Morgan fingerprint density at radius 2 is 2.04 bits per heavy atom. The van der Waals surface area contributed by atoms with E-state index >= 15 is 0 Å². The lowest BCUT2D eigenvalue weighted by atomic mass is 10.2. The van der Waals surface area contributed by atoms with E-state index in [1.807, 2.05) is 28.5 Å². The van der Waals surface area contributed by atoms with Crippen molar-refractivity contribution in [3.05, 3.63) is 40.5 Å². The van der Waals surface area contributed by atoms with Crippen LogP contribution in [0.15, 0.2) is 29.8 Å². The minimum atomic E-state index is 0.172. The molecule has 0 N–H and O–H groups in total. The number of hydrogen-bond acceptors (Lipinski definition) is 5. The van der Waals surface area contributed by atoms with Gasteiger partial charge < -0.3 is 9.80 Å². The Bertz CT molecular complexity index is 648. The number of rotatable bonds is 4. The molecule has 1 aliphatic heterocycles. The van der Waals surface area contributed by atoms with Gasteiger partial charge in [-0.3, -0.25) is 4.79 Å². The van der Waals surface area contributed by atoms with Crippen molar-refractivity contribution in [1.82, 2.24) is 14.9 Å². The number of aromatic nitrogens is 2. The number of nitrogens with zero attached hydrogens (tertiary/aromatic N) is 4. The summed E-state index contributed by atoms with van der Waals surface area (Å²) in [5.74, 6) is 1.58. The SMILES string of the molecule is CC(C)c1nc(CC(=O)N2CCN(c3ccccn3)CC2)cs1. The Labute approximate surface area is 141 Å². The van der Waals surface area contributed by atoms with E-state index in [1.165, 1.54) is 0 Å². The van der Waals surface area contributed by atoms with Gasteiger partial charge in [0, 0.05) is 43.7 Å². The zero-order chi connectivity index (χ0) is 16.2. The van der Waals surface area contributed by atoms with E-state index in [0.29, 0.717) is 12.3 Å². The monoisotopic (exact) mass is 330 g/mol. The Kier molecular flexibility index (Phi) is 4.91. The van der Waals surface area contributed by atoms with Crippen molar-refractivity contribution < 1.29 is 4.79 Å². The summed E-state index contributed by atoms with van der Waals surface area (Å²) in [6, 6.07) is 5.93. The first-order chi connectivity index (χ1) is 11.1. The molecule has 0 spiro atoms. The highest BCUT2D eigenvalue weighted by Crippen LogP contribution is 2.20. The summed E-state index contributed by atoms with van der Waals surface area (Å²) in [6.07, 6.45) is 2.22. The molecule has 2 aromatic rings. The van der Waals surface area contributed by atoms with Crippen molar-refractivity contribution >= 4 is 23.1 Å². The fraction of sp³-hybridized carbons (Fsp3) is 0.471. The van der Waals surface area contributed by atoms with Crippen molar-refractivity contribution in [2.75, 3.05) is 31.1 Å². The number of carbonyl (C=O) groups is 1. The molecule has 0 aromatic carbocycles. The second kappa shape index (κ2) is 7.08. The van der Waals surface area contributed by atoms with Crippen LogP contribution in [0.25, 0.3) is 0 Å². The van der Waals surface area contributed by atoms with Crippen molar-refractivity contribution in [3.8, 4) is 0 Å². The summed E-state index contributed by atoms with van der Waals surface area (Å²) in [5, 5.41) is 3.12. The van der Waals surface area contributed by atoms with E-state index in [4.69, 9.17) is 0 Å². The Morgan fingerprint density at radius 3 is 2.65 bits per heavy atom. The van der Waals surface area contributed by atoms with E-state index < -0.39 is 0 Å². The molecule has 122 valence electrons. The first-order valence-corrected chi connectivity index (χ1v) is 8.89. The normalized spacial score (nSPS) is 15.3. The molecule has 3 heterocycles. The Balaban J connectivity index is 1.53. The number of carbonyl (C=O) groups excluding carboxylic acids is 1. The Morgan fingerprint density at radius 1 is 1.26 bits per heavy atom. The number of anilines is 1. The summed E-state index contributed by atoms with van der Waals surface area (Å²) in [7, 11) is 0. The molecule has 0 saturated carbocycles. The summed E-state index contributed by atoms with van der Waals surface area (Å²) >= 11 is 1.65. The average Bonchev–Trinajstić information content (AvgIpc) is 3.04. The summed E-state index contributed by atoms with van der Waals surface area (Å²) in [6.45, 7) is 7.41.